The Bertz CT molecular complexity index is 625. The van der Waals surface area contributed by atoms with Gasteiger partial charge in [0.2, 0.25) is 0 Å². The largest absolute Gasteiger partial charge is 0.497 e. The fourth-order valence-corrected chi connectivity index (χ4v) is 1.38. The Balaban J connectivity index is 0.000000561. The molecule has 0 spiro atoms. The number of phenolic OH excluding ortho intramolecular Hbond substituents is 1. The number of rotatable bonds is 5. The van der Waals surface area contributed by atoms with Gasteiger partial charge in [0, 0.05) is 13.1 Å². The van der Waals surface area contributed by atoms with Crippen LogP contribution in [0.25, 0.3) is 0 Å². The minimum absolute atomic E-state index is 0.447. The molecule has 0 fully saturated rings. The van der Waals surface area contributed by atoms with Crippen molar-refractivity contribution in [3.05, 3.63) is 42.5 Å². The summed E-state index contributed by atoms with van der Waals surface area (Å²) in [6.45, 7) is 5.52. The predicted octanol–water partition coefficient (Wildman–Crippen LogP) is 1.05. The molecule has 13 nitrogen and oxygen atoms in total. The van der Waals surface area contributed by atoms with E-state index in [9.17, 15) is 30.3 Å². The molecule has 0 radical (unpaired) electrons. The van der Waals surface area contributed by atoms with Crippen molar-refractivity contribution in [1.29, 1.82) is 0 Å². The topological polar surface area (TPSA) is 200 Å². The maximum atomic E-state index is 10.4. The molecule has 0 saturated heterocycles. The molecule has 0 aliphatic heterocycles. The van der Waals surface area contributed by atoms with E-state index in [0.717, 1.165) is 13.1 Å². The van der Waals surface area contributed by atoms with E-state index in [1.165, 1.54) is 0 Å². The summed E-state index contributed by atoms with van der Waals surface area (Å²) in [5.74, 6) is -0.671. The number of nitrogens with two attached hydrogens (primary N) is 1. The van der Waals surface area contributed by atoms with Gasteiger partial charge < -0.3 is 16.2 Å². The number of benzene rings is 1. The zero-order valence-electron chi connectivity index (χ0n) is 12.8. The lowest BCUT2D eigenvalue weighted by Gasteiger charge is -1.97. The van der Waals surface area contributed by atoms with Gasteiger partial charge >= 0.3 is 11.4 Å². The number of hydrogen-bond donors (Lipinski definition) is 3. The van der Waals surface area contributed by atoms with Crippen molar-refractivity contribution < 1.29 is 19.9 Å². The van der Waals surface area contributed by atoms with Crippen LogP contribution in [0, 0.1) is 30.3 Å². The number of nitro benzene ring substituents is 3. The fourth-order valence-electron chi connectivity index (χ4n) is 1.38. The molecule has 0 amide bonds. The molecule has 0 aliphatic rings. The number of nitro groups is 3. The number of phenols is 1. The number of aliphatic imine (C=N–C) groups is 1. The summed E-state index contributed by atoms with van der Waals surface area (Å²) < 4.78 is 0. The summed E-state index contributed by atoms with van der Waals surface area (Å²) >= 11 is 0. The highest BCUT2D eigenvalue weighted by Crippen LogP contribution is 2.38. The number of non-ortho nitro benzene ring substituents is 1. The van der Waals surface area contributed by atoms with Crippen LogP contribution in [0.3, 0.4) is 0 Å². The zero-order valence-corrected chi connectivity index (χ0v) is 12.8. The highest BCUT2D eigenvalue weighted by molar-refractivity contribution is 5.77. The monoisotopic (exact) mass is 344 g/mol. The van der Waals surface area contributed by atoms with E-state index in [4.69, 9.17) is 10.8 Å². The van der Waals surface area contributed by atoms with E-state index in [0.29, 0.717) is 18.1 Å². The standard InChI is InChI=1S/C6H3N3O7.C5H13N3/c10-6-4(8(13)14)1-3(7(11)12)2-5(6)9(15)16;1-3-7-5(6)8-4-2/h1-2,10H;3-4H2,1-2H3,(H3,6,7,8). The number of hydrogen-bond acceptors (Lipinski definition) is 8. The summed E-state index contributed by atoms with van der Waals surface area (Å²) in [7, 11) is 0. The average molecular weight is 344 g/mol. The van der Waals surface area contributed by atoms with Crippen LogP contribution in [0.4, 0.5) is 17.1 Å². The van der Waals surface area contributed by atoms with Gasteiger partial charge in [-0.1, -0.05) is 0 Å². The van der Waals surface area contributed by atoms with Crippen molar-refractivity contribution >= 4 is 23.0 Å². The van der Waals surface area contributed by atoms with Crippen LogP contribution in [0.1, 0.15) is 13.8 Å². The first kappa shape index (κ1) is 20.5. The molecule has 0 atom stereocenters. The highest BCUT2D eigenvalue weighted by Gasteiger charge is 2.30. The predicted molar refractivity (Wildman–Crippen MR) is 83.9 cm³/mol. The number of aromatic hydroxyl groups is 1. The van der Waals surface area contributed by atoms with Crippen LogP contribution >= 0.6 is 0 Å². The third-order valence-electron chi connectivity index (χ3n) is 2.35. The molecule has 0 saturated carbocycles. The molecule has 0 aromatic heterocycles. The minimum atomic E-state index is -1.21. The second kappa shape index (κ2) is 9.50. The maximum Gasteiger partial charge on any atom is 0.324 e. The maximum absolute atomic E-state index is 10.4. The SMILES string of the molecule is CCN=C(N)NCC.O=[N+]([O-])c1cc([N+](=O)[O-])c(O)c([N+](=O)[O-])c1. The minimum Gasteiger partial charge on any atom is -0.497 e. The first-order valence-corrected chi connectivity index (χ1v) is 6.49. The fraction of sp³-hybridized carbons (Fsp3) is 0.364. The van der Waals surface area contributed by atoms with E-state index in [1.54, 1.807) is 0 Å². The molecule has 1 aromatic rings. The number of nitrogens with one attached hydrogen (secondary N) is 1. The Hall–Kier alpha value is -3.51. The van der Waals surface area contributed by atoms with Crippen molar-refractivity contribution in [3.8, 4) is 5.75 Å². The molecular formula is C11H16N6O7. The Labute approximate surface area is 135 Å². The molecule has 1 rings (SSSR count). The van der Waals surface area contributed by atoms with Gasteiger partial charge in [-0.25, -0.2) is 0 Å². The average Bonchev–Trinajstić information content (AvgIpc) is 2.47. The van der Waals surface area contributed by atoms with Gasteiger partial charge in [0.25, 0.3) is 11.4 Å². The van der Waals surface area contributed by atoms with Crippen molar-refractivity contribution in [2.24, 2.45) is 10.7 Å². The summed E-state index contributed by atoms with van der Waals surface area (Å²) in [6.07, 6.45) is 0. The van der Waals surface area contributed by atoms with Crippen LogP contribution < -0.4 is 11.1 Å². The van der Waals surface area contributed by atoms with Crippen molar-refractivity contribution in [2.45, 2.75) is 13.8 Å². The van der Waals surface area contributed by atoms with E-state index >= 15 is 0 Å². The van der Waals surface area contributed by atoms with Crippen LogP contribution in [0.2, 0.25) is 0 Å². The van der Waals surface area contributed by atoms with Crippen LogP contribution in [0.15, 0.2) is 17.1 Å². The molecule has 13 heteroatoms. The van der Waals surface area contributed by atoms with E-state index < -0.39 is 37.6 Å². The third kappa shape index (κ3) is 6.08. The van der Waals surface area contributed by atoms with Crippen LogP contribution in [-0.4, -0.2) is 38.9 Å². The highest BCUT2D eigenvalue weighted by atomic mass is 16.6. The van der Waals surface area contributed by atoms with E-state index in [1.807, 2.05) is 13.8 Å². The first-order chi connectivity index (χ1) is 11.1. The van der Waals surface area contributed by atoms with Crippen LogP contribution in [0.5, 0.6) is 5.75 Å². The van der Waals surface area contributed by atoms with Crippen molar-refractivity contribution in [1.82, 2.24) is 5.32 Å². The first-order valence-electron chi connectivity index (χ1n) is 6.49. The molecule has 0 aliphatic carbocycles. The number of nitrogens with zero attached hydrogens (tertiary/aromatic N) is 4. The summed E-state index contributed by atoms with van der Waals surface area (Å²) in [5.41, 5.74) is 2.33. The molecule has 4 N–H and O–H groups in total. The van der Waals surface area contributed by atoms with E-state index in [-0.39, 0.29) is 0 Å². The Morgan fingerprint density at radius 2 is 1.58 bits per heavy atom. The van der Waals surface area contributed by atoms with Gasteiger partial charge in [0.15, 0.2) is 5.96 Å². The zero-order chi connectivity index (χ0) is 18.9. The van der Waals surface area contributed by atoms with Crippen molar-refractivity contribution in [3.63, 3.8) is 0 Å². The third-order valence-corrected chi connectivity index (χ3v) is 2.35. The molecule has 0 unspecified atom stereocenters. The Morgan fingerprint density at radius 1 is 1.12 bits per heavy atom. The van der Waals surface area contributed by atoms with Gasteiger partial charge in [-0.15, -0.1) is 0 Å². The van der Waals surface area contributed by atoms with Gasteiger partial charge in [-0.3, -0.25) is 35.3 Å². The Kier molecular flexibility index (Phi) is 8.11. The van der Waals surface area contributed by atoms with Crippen LogP contribution in [-0.2, 0) is 0 Å². The normalized spacial score (nSPS) is 10.3. The number of guanidine groups is 1. The summed E-state index contributed by atoms with van der Waals surface area (Å²) in [5, 5.41) is 43.1. The quantitative estimate of drug-likeness (QED) is 0.302. The van der Waals surface area contributed by atoms with Gasteiger partial charge in [0.1, 0.15) is 0 Å². The smallest absolute Gasteiger partial charge is 0.324 e. The molecule has 1 aromatic carbocycles. The molecular weight excluding hydrogens is 328 g/mol. The molecule has 0 bridgehead atoms. The Morgan fingerprint density at radius 3 is 1.88 bits per heavy atom. The lowest BCUT2D eigenvalue weighted by molar-refractivity contribution is -0.404. The van der Waals surface area contributed by atoms with Gasteiger partial charge in [-0.2, -0.15) is 0 Å². The second-order valence-electron chi connectivity index (χ2n) is 3.99. The lowest BCUT2D eigenvalue weighted by Crippen LogP contribution is -2.31. The second-order valence-corrected chi connectivity index (χ2v) is 3.99. The molecule has 0 heterocycles. The summed E-state index contributed by atoms with van der Waals surface area (Å²) in [4.78, 5) is 31.7. The van der Waals surface area contributed by atoms with Gasteiger partial charge in [-0.05, 0) is 13.8 Å². The summed E-state index contributed by atoms with van der Waals surface area (Å²) in [6, 6.07) is 0.894. The molecule has 24 heavy (non-hydrogen) atoms. The van der Waals surface area contributed by atoms with E-state index in [2.05, 4.69) is 10.3 Å². The molecule has 132 valence electrons. The van der Waals surface area contributed by atoms with Gasteiger partial charge in [0.05, 0.1) is 26.9 Å². The lowest BCUT2D eigenvalue weighted by atomic mass is 10.2. The van der Waals surface area contributed by atoms with Crippen molar-refractivity contribution in [2.75, 3.05) is 13.1 Å².